The molecule has 4 N–H and O–H groups in total. The van der Waals surface area contributed by atoms with E-state index in [4.69, 9.17) is 37.0 Å². The fourth-order valence-electron chi connectivity index (χ4n) is 3.60. The molecule has 2 aromatic heterocycles. The summed E-state index contributed by atoms with van der Waals surface area (Å²) in [6.07, 6.45) is 3.45. The van der Waals surface area contributed by atoms with E-state index in [1.54, 1.807) is 40.8 Å². The number of nitrogens with one attached hydrogen (secondary N) is 2. The molecule has 0 amide bonds. The van der Waals surface area contributed by atoms with Crippen LogP contribution in [0, 0.1) is 13.8 Å². The summed E-state index contributed by atoms with van der Waals surface area (Å²) in [5.74, 6) is 8.61. The predicted octanol–water partition coefficient (Wildman–Crippen LogP) is 5.14. The number of benzene rings is 2. The molecular weight excluding hydrogens is 540 g/mol. The molecule has 2 aromatic carbocycles. The predicted molar refractivity (Wildman–Crippen MR) is 166 cm³/mol. The Bertz CT molecular complexity index is 1430. The standard InChI is InChI=1S/C15H18N4O2.C15H16N2O2S/c1-10-7-8-11(9-17-10)15(19-16)18-14-12(20-2)5-4-6-13(14)21-3;1-10-7-8-11(9-16-10)15(20)17-14-12(18-2)5-4-6-13(14)19-3/h4-9H,16H2,1-3H3,(H,18,19);4-9H,1-3H3,(H,17,20). The molecule has 0 radical (unpaired) electrons. The summed E-state index contributed by atoms with van der Waals surface area (Å²) in [6, 6.07) is 18.6. The van der Waals surface area contributed by atoms with Crippen molar-refractivity contribution in [3.63, 3.8) is 0 Å². The first-order chi connectivity index (χ1) is 19.8. The van der Waals surface area contributed by atoms with Crippen molar-refractivity contribution >= 4 is 34.4 Å². The van der Waals surface area contributed by atoms with E-state index >= 15 is 0 Å². The van der Waals surface area contributed by atoms with E-state index in [0.29, 0.717) is 45.2 Å². The van der Waals surface area contributed by atoms with Crippen molar-refractivity contribution in [2.24, 2.45) is 10.8 Å². The van der Waals surface area contributed by atoms with Crippen LogP contribution in [0.2, 0.25) is 0 Å². The van der Waals surface area contributed by atoms with Gasteiger partial charge in [-0.15, -0.1) is 0 Å². The lowest BCUT2D eigenvalue weighted by Crippen LogP contribution is -2.31. The van der Waals surface area contributed by atoms with Crippen molar-refractivity contribution in [2.75, 3.05) is 33.8 Å². The van der Waals surface area contributed by atoms with Crippen LogP contribution in [-0.4, -0.2) is 49.2 Å². The molecule has 10 nitrogen and oxygen atoms in total. The maximum atomic E-state index is 5.58. The summed E-state index contributed by atoms with van der Waals surface area (Å²) < 4.78 is 21.3. The quantitative estimate of drug-likeness (QED) is 0.0856. The fourth-order valence-corrected chi connectivity index (χ4v) is 3.83. The van der Waals surface area contributed by atoms with Gasteiger partial charge in [-0.2, -0.15) is 0 Å². The third-order valence-corrected chi connectivity index (χ3v) is 6.12. The molecule has 0 aliphatic rings. The average molecular weight is 575 g/mol. The van der Waals surface area contributed by atoms with E-state index in [9.17, 15) is 0 Å². The van der Waals surface area contributed by atoms with Gasteiger partial charge in [-0.1, -0.05) is 24.4 Å². The highest BCUT2D eigenvalue weighted by Gasteiger charge is 2.13. The number of ether oxygens (including phenoxy) is 4. The third-order valence-electron chi connectivity index (χ3n) is 5.79. The molecule has 0 bridgehead atoms. The smallest absolute Gasteiger partial charge is 0.149 e. The largest absolute Gasteiger partial charge is 0.494 e. The highest BCUT2D eigenvalue weighted by atomic mass is 32.1. The number of aromatic nitrogens is 2. The SMILES string of the molecule is COc1cccc(OC)c1N=C(NN)c1ccc(C)nc1.COc1cccc(OC)c1NC(=S)c1ccc(C)nc1. The molecule has 0 aliphatic carbocycles. The molecule has 4 rings (SSSR count). The van der Waals surface area contributed by atoms with Gasteiger partial charge >= 0.3 is 0 Å². The Hall–Kier alpha value is -4.74. The zero-order chi connectivity index (χ0) is 29.8. The molecule has 0 unspecified atom stereocenters. The topological polar surface area (TPSA) is 125 Å². The van der Waals surface area contributed by atoms with Gasteiger partial charge in [-0.3, -0.25) is 9.97 Å². The van der Waals surface area contributed by atoms with Crippen LogP contribution in [0.3, 0.4) is 0 Å². The molecule has 0 saturated heterocycles. The van der Waals surface area contributed by atoms with Crippen molar-refractivity contribution in [1.29, 1.82) is 0 Å². The van der Waals surface area contributed by atoms with Gasteiger partial charge in [-0.05, 0) is 62.4 Å². The summed E-state index contributed by atoms with van der Waals surface area (Å²) in [5, 5.41) is 3.16. The van der Waals surface area contributed by atoms with Crippen LogP contribution >= 0.6 is 12.2 Å². The summed E-state index contributed by atoms with van der Waals surface area (Å²) in [7, 11) is 6.38. The maximum Gasteiger partial charge on any atom is 0.149 e. The Balaban J connectivity index is 0.000000226. The molecule has 0 atom stereocenters. The van der Waals surface area contributed by atoms with Crippen LogP contribution in [0.5, 0.6) is 23.0 Å². The molecular formula is C30H34N6O4S. The molecule has 0 fully saturated rings. The lowest BCUT2D eigenvalue weighted by Gasteiger charge is -2.15. The number of rotatable bonds is 8. The van der Waals surface area contributed by atoms with Gasteiger partial charge in [0.1, 0.15) is 45.2 Å². The first-order valence-electron chi connectivity index (χ1n) is 12.5. The van der Waals surface area contributed by atoms with Crippen molar-refractivity contribution < 1.29 is 18.9 Å². The second kappa shape index (κ2) is 15.2. The highest BCUT2D eigenvalue weighted by molar-refractivity contribution is 7.81. The summed E-state index contributed by atoms with van der Waals surface area (Å²) in [6.45, 7) is 3.85. The van der Waals surface area contributed by atoms with Crippen LogP contribution < -0.4 is 35.5 Å². The minimum absolute atomic E-state index is 0.477. The van der Waals surface area contributed by atoms with E-state index in [0.717, 1.165) is 22.5 Å². The van der Waals surface area contributed by atoms with Gasteiger partial charge in [0.25, 0.3) is 0 Å². The number of pyridine rings is 2. The number of aryl methyl sites for hydroxylation is 2. The van der Waals surface area contributed by atoms with Crippen molar-refractivity contribution in [1.82, 2.24) is 15.4 Å². The Morgan fingerprint density at radius 1 is 0.707 bits per heavy atom. The van der Waals surface area contributed by atoms with E-state index in [-0.39, 0.29) is 0 Å². The molecule has 214 valence electrons. The van der Waals surface area contributed by atoms with Gasteiger partial charge in [0.05, 0.1) is 28.4 Å². The number of hydrogen-bond acceptors (Lipinski definition) is 9. The van der Waals surface area contributed by atoms with Crippen molar-refractivity contribution in [2.45, 2.75) is 13.8 Å². The molecule has 11 heteroatoms. The number of anilines is 1. The normalized spacial score (nSPS) is 10.6. The van der Waals surface area contributed by atoms with Gasteiger partial charge < -0.3 is 29.7 Å². The van der Waals surface area contributed by atoms with Crippen molar-refractivity contribution in [3.05, 3.63) is 95.6 Å². The number of thiocarbonyl (C=S) groups is 1. The van der Waals surface area contributed by atoms with Crippen molar-refractivity contribution in [3.8, 4) is 23.0 Å². The molecule has 2 heterocycles. The minimum Gasteiger partial charge on any atom is -0.494 e. The monoisotopic (exact) mass is 574 g/mol. The zero-order valence-corrected chi connectivity index (χ0v) is 24.7. The molecule has 41 heavy (non-hydrogen) atoms. The molecule has 4 aromatic rings. The number of nitrogens with zero attached hydrogens (tertiary/aromatic N) is 3. The zero-order valence-electron chi connectivity index (χ0n) is 23.9. The maximum absolute atomic E-state index is 5.58. The second-order valence-corrected chi connectivity index (χ2v) is 8.89. The van der Waals surface area contributed by atoms with Gasteiger partial charge in [0.2, 0.25) is 0 Å². The Kier molecular flexibility index (Phi) is 11.4. The van der Waals surface area contributed by atoms with Crippen LogP contribution in [0.4, 0.5) is 11.4 Å². The highest BCUT2D eigenvalue weighted by Crippen LogP contribution is 2.37. The summed E-state index contributed by atoms with van der Waals surface area (Å²) in [4.78, 5) is 13.6. The minimum atomic E-state index is 0.477. The summed E-state index contributed by atoms with van der Waals surface area (Å²) >= 11 is 5.40. The number of hydrazine groups is 1. The van der Waals surface area contributed by atoms with Crippen LogP contribution in [0.1, 0.15) is 22.5 Å². The van der Waals surface area contributed by atoms with E-state index in [1.165, 1.54) is 0 Å². The first-order valence-corrected chi connectivity index (χ1v) is 12.9. The number of methoxy groups -OCH3 is 4. The Morgan fingerprint density at radius 3 is 1.59 bits per heavy atom. The lowest BCUT2D eigenvalue weighted by molar-refractivity contribution is 0.397. The first kappa shape index (κ1) is 30.8. The summed E-state index contributed by atoms with van der Waals surface area (Å²) in [5.41, 5.74) is 7.36. The number of nitrogens with two attached hydrogens (primary N) is 1. The van der Waals surface area contributed by atoms with Crippen LogP contribution in [-0.2, 0) is 0 Å². The molecule has 0 saturated carbocycles. The molecule has 0 aliphatic heterocycles. The lowest BCUT2D eigenvalue weighted by atomic mass is 10.2. The second-order valence-electron chi connectivity index (χ2n) is 8.48. The number of para-hydroxylation sites is 2. The number of aliphatic imine (C=N–C) groups is 1. The Labute approximate surface area is 245 Å². The third kappa shape index (κ3) is 8.13. The number of amidine groups is 1. The van der Waals surface area contributed by atoms with Gasteiger partial charge in [0.15, 0.2) is 0 Å². The van der Waals surface area contributed by atoms with Crippen LogP contribution in [0.25, 0.3) is 0 Å². The Morgan fingerprint density at radius 2 is 1.17 bits per heavy atom. The number of hydrogen-bond donors (Lipinski definition) is 3. The van der Waals surface area contributed by atoms with Crippen LogP contribution in [0.15, 0.2) is 78.0 Å². The van der Waals surface area contributed by atoms with Gasteiger partial charge in [0, 0.05) is 34.9 Å². The van der Waals surface area contributed by atoms with E-state index in [1.807, 2.05) is 74.5 Å². The van der Waals surface area contributed by atoms with Gasteiger partial charge in [-0.25, -0.2) is 10.8 Å². The average Bonchev–Trinajstić information content (AvgIpc) is 3.00. The molecule has 0 spiro atoms. The van der Waals surface area contributed by atoms with E-state index in [2.05, 4.69) is 25.7 Å². The fraction of sp³-hybridized carbons (Fsp3) is 0.200. The van der Waals surface area contributed by atoms with E-state index < -0.39 is 0 Å².